The van der Waals surface area contributed by atoms with Crippen LogP contribution in [0.2, 0.25) is 0 Å². The number of Topliss-reactive ketones (excluding diaryl/α,β-unsaturated/α-hetero) is 1. The van der Waals surface area contributed by atoms with Gasteiger partial charge in [-0.1, -0.05) is 53.4 Å². The summed E-state index contributed by atoms with van der Waals surface area (Å²) in [6, 6.07) is 14.2. The molecule has 0 aliphatic rings. The molecule has 0 spiro atoms. The second kappa shape index (κ2) is 9.32. The van der Waals surface area contributed by atoms with E-state index < -0.39 is 0 Å². The van der Waals surface area contributed by atoms with E-state index in [4.69, 9.17) is 0 Å². The highest BCUT2D eigenvalue weighted by molar-refractivity contribution is 8.00. The number of aryl methyl sites for hydroxylation is 2. The smallest absolute Gasteiger partial charge is 0.191 e. The van der Waals surface area contributed by atoms with Gasteiger partial charge in [0, 0.05) is 12.1 Å². The van der Waals surface area contributed by atoms with Crippen molar-refractivity contribution in [1.29, 1.82) is 0 Å². The quantitative estimate of drug-likeness (QED) is 0.248. The van der Waals surface area contributed by atoms with E-state index in [0.29, 0.717) is 11.5 Å². The highest BCUT2D eigenvalue weighted by atomic mass is 32.2. The monoisotopic (exact) mass is 454 g/mol. The Balaban J connectivity index is 1.42. The molecule has 0 saturated carbocycles. The zero-order valence-corrected chi connectivity index (χ0v) is 19.5. The van der Waals surface area contributed by atoms with Gasteiger partial charge >= 0.3 is 0 Å². The minimum atomic E-state index is 0.122. The zero-order chi connectivity index (χ0) is 21.1. The van der Waals surface area contributed by atoms with Crippen LogP contribution in [-0.4, -0.2) is 31.3 Å². The van der Waals surface area contributed by atoms with Gasteiger partial charge in [0.25, 0.3) is 0 Å². The van der Waals surface area contributed by atoms with Crippen LogP contribution in [0.1, 0.15) is 34.2 Å². The fourth-order valence-corrected chi connectivity index (χ4v) is 6.05. The van der Waals surface area contributed by atoms with Gasteiger partial charge in [-0.25, -0.2) is 4.98 Å². The molecule has 0 bridgehead atoms. The van der Waals surface area contributed by atoms with E-state index in [2.05, 4.69) is 32.7 Å². The summed E-state index contributed by atoms with van der Waals surface area (Å²) in [5.74, 6) is 2.08. The van der Waals surface area contributed by atoms with Crippen LogP contribution in [-0.2, 0) is 12.3 Å². The van der Waals surface area contributed by atoms with Crippen LogP contribution in [0, 0.1) is 13.8 Å². The minimum Gasteiger partial charge on any atom is -0.306 e. The van der Waals surface area contributed by atoms with Crippen molar-refractivity contribution >= 4 is 50.9 Å². The summed E-state index contributed by atoms with van der Waals surface area (Å²) in [5, 5.41) is 9.50. The predicted octanol–water partition coefficient (Wildman–Crippen LogP) is 5.79. The number of ketones is 1. The summed E-state index contributed by atoms with van der Waals surface area (Å²) < 4.78 is 4.31. The van der Waals surface area contributed by atoms with Gasteiger partial charge in [-0.2, -0.15) is 0 Å². The topological polar surface area (TPSA) is 60.7 Å². The number of aromatic nitrogens is 4. The van der Waals surface area contributed by atoms with Crippen molar-refractivity contribution in [1.82, 2.24) is 19.7 Å². The lowest BCUT2D eigenvalue weighted by Gasteiger charge is -2.08. The number of nitrogens with zero attached hydrogens (tertiary/aromatic N) is 4. The minimum absolute atomic E-state index is 0.122. The van der Waals surface area contributed by atoms with Crippen LogP contribution >= 0.6 is 34.9 Å². The molecule has 2 aromatic heterocycles. The summed E-state index contributed by atoms with van der Waals surface area (Å²) in [6.45, 7) is 6.82. The lowest BCUT2D eigenvalue weighted by Crippen LogP contribution is -2.07. The van der Waals surface area contributed by atoms with Crippen LogP contribution < -0.4 is 0 Å². The van der Waals surface area contributed by atoms with Crippen molar-refractivity contribution in [2.75, 3.05) is 5.75 Å². The van der Waals surface area contributed by atoms with Crippen molar-refractivity contribution in [3.05, 3.63) is 65.0 Å². The van der Waals surface area contributed by atoms with Crippen LogP contribution in [0.25, 0.3) is 10.2 Å². The standard InChI is InChI=1S/C22H22N4OS3/c1-4-26-20(13-29-22-23-17-7-5-6-8-19(17)30-22)24-25-21(26)28-12-18(27)16-11-14(2)9-10-15(16)3/h5-11H,4,12-13H2,1-3H3. The van der Waals surface area contributed by atoms with Gasteiger partial charge < -0.3 is 4.57 Å². The Kier molecular flexibility index (Phi) is 6.55. The lowest BCUT2D eigenvalue weighted by atomic mass is 10.0. The molecule has 0 aliphatic heterocycles. The van der Waals surface area contributed by atoms with Crippen LogP contribution in [0.15, 0.2) is 52.0 Å². The Labute approximate surface area is 188 Å². The third-order valence-corrected chi connectivity index (χ3v) is 7.88. The van der Waals surface area contributed by atoms with Gasteiger partial charge in [0.1, 0.15) is 5.82 Å². The zero-order valence-electron chi connectivity index (χ0n) is 17.1. The SMILES string of the molecule is CCn1c(CSc2nc3ccccc3s2)nnc1SCC(=O)c1cc(C)ccc1C. The van der Waals surface area contributed by atoms with Crippen molar-refractivity contribution in [3.8, 4) is 0 Å². The molecule has 154 valence electrons. The van der Waals surface area contributed by atoms with Crippen molar-refractivity contribution in [2.24, 2.45) is 0 Å². The summed E-state index contributed by atoms with van der Waals surface area (Å²) >= 11 is 4.82. The first-order valence-electron chi connectivity index (χ1n) is 9.69. The highest BCUT2D eigenvalue weighted by Crippen LogP contribution is 2.31. The molecule has 0 fully saturated rings. The average Bonchev–Trinajstić information content (AvgIpc) is 3.35. The summed E-state index contributed by atoms with van der Waals surface area (Å²) in [5.41, 5.74) is 3.93. The van der Waals surface area contributed by atoms with E-state index >= 15 is 0 Å². The van der Waals surface area contributed by atoms with Gasteiger partial charge in [-0.3, -0.25) is 4.79 Å². The Morgan fingerprint density at radius 2 is 1.93 bits per heavy atom. The number of thioether (sulfide) groups is 2. The molecule has 0 unspecified atom stereocenters. The van der Waals surface area contributed by atoms with Crippen molar-refractivity contribution in [3.63, 3.8) is 0 Å². The Morgan fingerprint density at radius 3 is 2.73 bits per heavy atom. The molecule has 4 rings (SSSR count). The van der Waals surface area contributed by atoms with Crippen LogP contribution in [0.3, 0.4) is 0 Å². The van der Waals surface area contributed by atoms with Gasteiger partial charge in [0.2, 0.25) is 0 Å². The molecule has 30 heavy (non-hydrogen) atoms. The van der Waals surface area contributed by atoms with Gasteiger partial charge in [-0.15, -0.1) is 21.5 Å². The van der Waals surface area contributed by atoms with E-state index in [1.165, 1.54) is 16.5 Å². The molecule has 2 heterocycles. The fourth-order valence-electron chi connectivity index (χ4n) is 3.13. The number of fused-ring (bicyclic) bond motifs is 1. The molecule has 0 atom stereocenters. The normalized spacial score (nSPS) is 11.3. The predicted molar refractivity (Wildman–Crippen MR) is 126 cm³/mol. The Hall–Kier alpha value is -2.16. The van der Waals surface area contributed by atoms with Gasteiger partial charge in [0.05, 0.1) is 21.7 Å². The summed E-state index contributed by atoms with van der Waals surface area (Å²) in [6.07, 6.45) is 0. The molecule has 8 heteroatoms. The second-order valence-corrected chi connectivity index (χ2v) is 10.1. The maximum Gasteiger partial charge on any atom is 0.191 e. The Morgan fingerprint density at radius 1 is 1.10 bits per heavy atom. The van der Waals surface area contributed by atoms with E-state index in [1.807, 2.05) is 50.2 Å². The van der Waals surface area contributed by atoms with Crippen LogP contribution in [0.5, 0.6) is 0 Å². The maximum absolute atomic E-state index is 12.7. The molecule has 0 aliphatic carbocycles. The first-order chi connectivity index (χ1) is 14.5. The number of rotatable bonds is 8. The number of carbonyl (C=O) groups excluding carboxylic acids is 1. The first kappa shape index (κ1) is 21.1. The molecular weight excluding hydrogens is 432 g/mol. The molecule has 0 N–H and O–H groups in total. The lowest BCUT2D eigenvalue weighted by molar-refractivity contribution is 0.102. The largest absolute Gasteiger partial charge is 0.306 e. The van der Waals surface area contributed by atoms with E-state index in [-0.39, 0.29) is 5.78 Å². The van der Waals surface area contributed by atoms with Gasteiger partial charge in [-0.05, 0) is 44.5 Å². The molecule has 0 amide bonds. The molecule has 0 radical (unpaired) electrons. The highest BCUT2D eigenvalue weighted by Gasteiger charge is 2.16. The van der Waals surface area contributed by atoms with Crippen molar-refractivity contribution in [2.45, 2.75) is 42.6 Å². The molecule has 5 nitrogen and oxygen atoms in total. The van der Waals surface area contributed by atoms with E-state index in [1.54, 1.807) is 23.1 Å². The third-order valence-electron chi connectivity index (χ3n) is 4.73. The number of hydrogen-bond acceptors (Lipinski definition) is 7. The number of para-hydroxylation sites is 1. The molecular formula is C22H22N4OS3. The number of carbonyl (C=O) groups is 1. The second-order valence-electron chi connectivity index (χ2n) is 6.91. The van der Waals surface area contributed by atoms with E-state index in [9.17, 15) is 4.79 Å². The fraction of sp³-hybridized carbons (Fsp3) is 0.273. The molecule has 0 saturated heterocycles. The molecule has 4 aromatic rings. The number of thiazole rings is 1. The average molecular weight is 455 g/mol. The summed E-state index contributed by atoms with van der Waals surface area (Å²) in [7, 11) is 0. The van der Waals surface area contributed by atoms with E-state index in [0.717, 1.165) is 44.1 Å². The van der Waals surface area contributed by atoms with Crippen molar-refractivity contribution < 1.29 is 4.79 Å². The maximum atomic E-state index is 12.7. The third kappa shape index (κ3) is 4.61. The number of hydrogen-bond donors (Lipinski definition) is 0. The number of benzene rings is 2. The first-order valence-corrected chi connectivity index (χ1v) is 12.5. The van der Waals surface area contributed by atoms with Crippen LogP contribution in [0.4, 0.5) is 0 Å². The van der Waals surface area contributed by atoms with Gasteiger partial charge in [0.15, 0.2) is 15.3 Å². The summed E-state index contributed by atoms with van der Waals surface area (Å²) in [4.78, 5) is 17.4. The molecule has 2 aromatic carbocycles. The Bertz CT molecular complexity index is 1170.